The Bertz CT molecular complexity index is 1640. The molecule has 9 nitrogen and oxygen atoms in total. The van der Waals surface area contributed by atoms with E-state index >= 15 is 4.39 Å². The maximum absolute atomic E-state index is 15.2. The summed E-state index contributed by atoms with van der Waals surface area (Å²) < 4.78 is 65.8. The van der Waals surface area contributed by atoms with Crippen molar-refractivity contribution in [1.82, 2.24) is 9.58 Å². The molecule has 6 rings (SSSR count). The molecule has 3 aliphatic heterocycles. The Morgan fingerprint density at radius 3 is 2.66 bits per heavy atom. The van der Waals surface area contributed by atoms with Gasteiger partial charge in [-0.15, -0.1) is 11.8 Å². The lowest BCUT2D eigenvalue weighted by atomic mass is 9.93. The van der Waals surface area contributed by atoms with Gasteiger partial charge < -0.3 is 13.8 Å². The largest absolute Gasteiger partial charge is 0.376 e. The van der Waals surface area contributed by atoms with Gasteiger partial charge in [0.15, 0.2) is 17.3 Å². The minimum atomic E-state index is -4.16. The summed E-state index contributed by atoms with van der Waals surface area (Å²) in [5.74, 6) is -2.99. The molecule has 3 aliphatic rings. The standard InChI is InChI=1S/C25H21F2N3O6S2/c1-38(33,34)36-24-18(31)8-9-29-23(24)25(32)28-10-11-35-12-20(28)30(29)22-14-6-7-17(26)21(27)16(14)13-37-19-5-3-2-4-15(19)22/h2-9,20,22H,10-13H2,1H3/t20-,22?/m1/s1. The second kappa shape index (κ2) is 9.10. The topological polar surface area (TPSA) is 98.2 Å². The minimum Gasteiger partial charge on any atom is -0.376 e. The Morgan fingerprint density at radius 1 is 1.08 bits per heavy atom. The SMILES string of the molecule is CS(=O)(=O)Oc1c2n(ccc1=O)N(C1c3ccccc3SCc3c1ccc(F)c3F)[C@@H]1COCCN1C2=O. The number of hydrogen-bond donors (Lipinski definition) is 0. The molecule has 1 saturated heterocycles. The molecule has 198 valence electrons. The molecule has 1 aromatic heterocycles. The van der Waals surface area contributed by atoms with E-state index < -0.39 is 51.0 Å². The summed E-state index contributed by atoms with van der Waals surface area (Å²) in [6, 6.07) is 10.3. The predicted octanol–water partition coefficient (Wildman–Crippen LogP) is 2.61. The monoisotopic (exact) mass is 561 g/mol. The molecule has 13 heteroatoms. The zero-order valence-corrected chi connectivity index (χ0v) is 21.6. The highest BCUT2D eigenvalue weighted by Gasteiger charge is 2.46. The molecule has 3 aromatic rings. The lowest BCUT2D eigenvalue weighted by Crippen LogP contribution is -2.66. The van der Waals surface area contributed by atoms with Gasteiger partial charge in [0.25, 0.3) is 5.91 Å². The number of fused-ring (bicyclic) bond motifs is 4. The Labute approximate surface area is 220 Å². The molecule has 0 saturated carbocycles. The summed E-state index contributed by atoms with van der Waals surface area (Å²) >= 11 is 1.36. The molecule has 2 aromatic carbocycles. The summed E-state index contributed by atoms with van der Waals surface area (Å²) in [5, 5.41) is 1.74. The fourth-order valence-corrected chi connectivity index (χ4v) is 6.78. The molecule has 38 heavy (non-hydrogen) atoms. The molecule has 1 amide bonds. The van der Waals surface area contributed by atoms with E-state index in [4.69, 9.17) is 8.92 Å². The average Bonchev–Trinajstić information content (AvgIpc) is 3.05. The normalized spacial score (nSPS) is 20.7. The Kier molecular flexibility index (Phi) is 5.96. The van der Waals surface area contributed by atoms with Gasteiger partial charge >= 0.3 is 10.1 Å². The fourth-order valence-electron chi connectivity index (χ4n) is 5.20. The van der Waals surface area contributed by atoms with Crippen LogP contribution < -0.4 is 14.6 Å². The van der Waals surface area contributed by atoms with E-state index in [1.54, 1.807) is 5.01 Å². The highest BCUT2D eigenvalue weighted by molar-refractivity contribution is 7.98. The van der Waals surface area contributed by atoms with Gasteiger partial charge in [0, 0.05) is 35.0 Å². The van der Waals surface area contributed by atoms with Crippen molar-refractivity contribution in [3.8, 4) is 5.75 Å². The third-order valence-electron chi connectivity index (χ3n) is 6.77. The van der Waals surface area contributed by atoms with Crippen molar-refractivity contribution in [1.29, 1.82) is 0 Å². The molecular formula is C25H21F2N3O6S2. The number of morpholine rings is 1. The summed E-state index contributed by atoms with van der Waals surface area (Å²) in [6.07, 6.45) is 1.43. The van der Waals surface area contributed by atoms with Crippen LogP contribution >= 0.6 is 11.8 Å². The van der Waals surface area contributed by atoms with E-state index in [-0.39, 0.29) is 36.8 Å². The van der Waals surface area contributed by atoms with Crippen molar-refractivity contribution >= 4 is 27.8 Å². The predicted molar refractivity (Wildman–Crippen MR) is 134 cm³/mol. The van der Waals surface area contributed by atoms with Gasteiger partial charge in [-0.25, -0.2) is 8.78 Å². The Morgan fingerprint density at radius 2 is 1.87 bits per heavy atom. The molecule has 0 radical (unpaired) electrons. The van der Waals surface area contributed by atoms with Gasteiger partial charge in [0.2, 0.25) is 11.2 Å². The second-order valence-electron chi connectivity index (χ2n) is 9.08. The number of carbonyl (C=O) groups is 1. The van der Waals surface area contributed by atoms with Gasteiger partial charge in [0.05, 0.1) is 25.5 Å². The van der Waals surface area contributed by atoms with Crippen molar-refractivity contribution < 1.29 is 30.9 Å². The third kappa shape index (κ3) is 3.96. The van der Waals surface area contributed by atoms with Crippen LogP contribution in [0.5, 0.6) is 5.75 Å². The fraction of sp³-hybridized carbons (Fsp3) is 0.280. The number of carbonyl (C=O) groups excluding carboxylic acids is 1. The van der Waals surface area contributed by atoms with Gasteiger partial charge in [-0.1, -0.05) is 24.3 Å². The molecule has 0 aliphatic carbocycles. The number of pyridine rings is 1. The third-order valence-corrected chi connectivity index (χ3v) is 8.35. The smallest absolute Gasteiger partial charge is 0.306 e. The minimum absolute atomic E-state index is 0.0877. The number of hydrogen-bond acceptors (Lipinski definition) is 8. The number of aromatic nitrogens is 1. The first-order valence-corrected chi connectivity index (χ1v) is 14.5. The van der Waals surface area contributed by atoms with Crippen LogP contribution in [0.4, 0.5) is 8.78 Å². The lowest BCUT2D eigenvalue weighted by Gasteiger charge is -2.51. The van der Waals surface area contributed by atoms with Crippen LogP contribution in [-0.4, -0.2) is 56.1 Å². The quantitative estimate of drug-likeness (QED) is 0.451. The zero-order chi connectivity index (χ0) is 26.8. The molecule has 1 fully saturated rings. The molecule has 4 heterocycles. The zero-order valence-electron chi connectivity index (χ0n) is 20.0. The molecule has 2 atom stereocenters. The van der Waals surface area contributed by atoms with Crippen LogP contribution in [0.15, 0.2) is 58.4 Å². The van der Waals surface area contributed by atoms with Gasteiger partial charge in [-0.3, -0.25) is 19.3 Å². The Hall–Kier alpha value is -3.42. The van der Waals surface area contributed by atoms with Gasteiger partial charge in [-0.05, 0) is 23.3 Å². The van der Waals surface area contributed by atoms with Crippen molar-refractivity contribution in [2.24, 2.45) is 0 Å². The van der Waals surface area contributed by atoms with Crippen molar-refractivity contribution in [3.05, 3.63) is 92.9 Å². The molecule has 1 unspecified atom stereocenters. The van der Waals surface area contributed by atoms with Crippen molar-refractivity contribution in [2.45, 2.75) is 22.9 Å². The summed E-state index contributed by atoms with van der Waals surface area (Å²) in [7, 11) is -4.16. The van der Waals surface area contributed by atoms with E-state index in [2.05, 4.69) is 0 Å². The highest BCUT2D eigenvalue weighted by Crippen LogP contribution is 2.45. The van der Waals surface area contributed by atoms with Crippen LogP contribution in [0.1, 0.15) is 33.2 Å². The number of ether oxygens (including phenoxy) is 1. The van der Waals surface area contributed by atoms with Crippen LogP contribution in [-0.2, 0) is 20.6 Å². The first-order valence-electron chi connectivity index (χ1n) is 11.7. The number of amides is 1. The van der Waals surface area contributed by atoms with E-state index in [1.165, 1.54) is 33.6 Å². The van der Waals surface area contributed by atoms with E-state index in [1.807, 2.05) is 24.3 Å². The summed E-state index contributed by atoms with van der Waals surface area (Å²) in [4.78, 5) is 28.8. The molecule has 0 spiro atoms. The van der Waals surface area contributed by atoms with Crippen LogP contribution in [0.3, 0.4) is 0 Å². The first kappa shape index (κ1) is 24.9. The number of benzene rings is 2. The number of rotatable bonds is 3. The molecule has 0 bridgehead atoms. The van der Waals surface area contributed by atoms with Gasteiger partial charge in [-0.2, -0.15) is 8.42 Å². The number of nitrogens with zero attached hydrogens (tertiary/aromatic N) is 3. The Balaban J connectivity index is 1.67. The summed E-state index contributed by atoms with van der Waals surface area (Å²) in [5.41, 5.74) is 0.340. The van der Waals surface area contributed by atoms with E-state index in [9.17, 15) is 22.4 Å². The lowest BCUT2D eigenvalue weighted by molar-refractivity contribution is -0.0196. The average molecular weight is 562 g/mol. The van der Waals surface area contributed by atoms with E-state index in [0.29, 0.717) is 5.56 Å². The van der Waals surface area contributed by atoms with E-state index in [0.717, 1.165) is 28.8 Å². The van der Waals surface area contributed by atoms with Crippen molar-refractivity contribution in [3.63, 3.8) is 0 Å². The number of thioether (sulfide) groups is 1. The van der Waals surface area contributed by atoms with Gasteiger partial charge in [0.1, 0.15) is 6.17 Å². The van der Waals surface area contributed by atoms with Crippen LogP contribution in [0.25, 0.3) is 0 Å². The van der Waals surface area contributed by atoms with Crippen LogP contribution in [0, 0.1) is 11.6 Å². The first-order chi connectivity index (χ1) is 18.2. The maximum Gasteiger partial charge on any atom is 0.306 e. The second-order valence-corrected chi connectivity index (χ2v) is 11.7. The molecular weight excluding hydrogens is 540 g/mol. The summed E-state index contributed by atoms with van der Waals surface area (Å²) in [6.45, 7) is 0.475. The molecule has 0 N–H and O–H groups in total. The maximum atomic E-state index is 15.2. The van der Waals surface area contributed by atoms with Crippen molar-refractivity contribution in [2.75, 3.05) is 31.0 Å². The van der Waals surface area contributed by atoms with Crippen LogP contribution in [0.2, 0.25) is 0 Å². The highest BCUT2D eigenvalue weighted by atomic mass is 32.2. The number of halogens is 2.